The number of pyridine rings is 1. The summed E-state index contributed by atoms with van der Waals surface area (Å²) in [5.74, 6) is 2.46. The first-order chi connectivity index (χ1) is 11.5. The van der Waals surface area contributed by atoms with Gasteiger partial charge in [-0.3, -0.25) is 0 Å². The third kappa shape index (κ3) is 3.09. The summed E-state index contributed by atoms with van der Waals surface area (Å²) in [5, 5.41) is 4.08. The predicted molar refractivity (Wildman–Crippen MR) is 79.7 cm³/mol. The number of aromatic nitrogens is 3. The Labute approximate surface area is 136 Å². The molecule has 1 saturated heterocycles. The fraction of sp³-hybridized carbons (Fsp3) is 0.562. The highest BCUT2D eigenvalue weighted by atomic mass is 19.4. The van der Waals surface area contributed by atoms with Crippen molar-refractivity contribution in [2.75, 3.05) is 18.0 Å². The molecule has 0 aromatic carbocycles. The average Bonchev–Trinajstić information content (AvgIpc) is 3.32. The third-order valence-electron chi connectivity index (χ3n) is 4.59. The Morgan fingerprint density at radius 1 is 1.00 bits per heavy atom. The van der Waals surface area contributed by atoms with Gasteiger partial charge in [-0.15, -0.1) is 0 Å². The number of anilines is 1. The Morgan fingerprint density at radius 3 is 2.42 bits per heavy atom. The fourth-order valence-electron chi connectivity index (χ4n) is 3.03. The molecule has 0 bridgehead atoms. The maximum absolute atomic E-state index is 12.8. The molecule has 1 aliphatic heterocycles. The number of hydrogen-bond donors (Lipinski definition) is 0. The number of piperidine rings is 1. The van der Waals surface area contributed by atoms with Crippen molar-refractivity contribution in [3.8, 4) is 0 Å². The molecule has 0 atom stereocenters. The monoisotopic (exact) mass is 338 g/mol. The predicted octanol–water partition coefficient (Wildman–Crippen LogP) is 3.74. The van der Waals surface area contributed by atoms with Gasteiger partial charge in [-0.25, -0.2) is 4.98 Å². The molecule has 3 heterocycles. The first kappa shape index (κ1) is 15.4. The van der Waals surface area contributed by atoms with E-state index in [1.165, 1.54) is 6.07 Å². The van der Waals surface area contributed by atoms with Crippen molar-refractivity contribution in [3.63, 3.8) is 0 Å². The van der Waals surface area contributed by atoms with Gasteiger partial charge >= 0.3 is 6.18 Å². The van der Waals surface area contributed by atoms with E-state index < -0.39 is 11.9 Å². The van der Waals surface area contributed by atoms with Crippen LogP contribution in [0.25, 0.3) is 0 Å². The molecule has 128 valence electrons. The van der Waals surface area contributed by atoms with Crippen LogP contribution in [0, 0.1) is 0 Å². The number of rotatable bonds is 3. The molecule has 4 rings (SSSR count). The highest BCUT2D eigenvalue weighted by Crippen LogP contribution is 2.40. The van der Waals surface area contributed by atoms with Crippen molar-refractivity contribution in [1.82, 2.24) is 15.1 Å². The standard InChI is InChI=1S/C16H17F3N4O/c17-16(18,19)12-2-1-3-13(20-12)23-8-6-10(7-9-23)14-21-15(24-22-14)11-4-5-11/h1-3,10-11H,4-9H2. The molecule has 24 heavy (non-hydrogen) atoms. The summed E-state index contributed by atoms with van der Waals surface area (Å²) in [7, 11) is 0. The molecule has 1 aliphatic carbocycles. The van der Waals surface area contributed by atoms with Crippen LogP contribution in [0.2, 0.25) is 0 Å². The van der Waals surface area contributed by atoms with Crippen LogP contribution in [0.3, 0.4) is 0 Å². The minimum absolute atomic E-state index is 0.197. The van der Waals surface area contributed by atoms with E-state index >= 15 is 0 Å². The summed E-state index contributed by atoms with van der Waals surface area (Å²) in [6.07, 6.45) is -0.635. The molecular formula is C16H17F3N4O. The minimum atomic E-state index is -4.42. The summed E-state index contributed by atoms with van der Waals surface area (Å²) < 4.78 is 43.6. The molecular weight excluding hydrogens is 321 g/mol. The molecule has 2 aromatic rings. The molecule has 0 unspecified atom stereocenters. The maximum atomic E-state index is 12.8. The summed E-state index contributed by atoms with van der Waals surface area (Å²) in [5.41, 5.74) is -0.852. The lowest BCUT2D eigenvalue weighted by Crippen LogP contribution is -2.34. The van der Waals surface area contributed by atoms with Gasteiger partial charge in [0.15, 0.2) is 5.82 Å². The second-order valence-corrected chi connectivity index (χ2v) is 6.41. The van der Waals surface area contributed by atoms with E-state index in [0.717, 1.165) is 43.5 Å². The molecule has 2 aliphatic rings. The van der Waals surface area contributed by atoms with E-state index in [-0.39, 0.29) is 5.92 Å². The summed E-state index contributed by atoms with van der Waals surface area (Å²) in [4.78, 5) is 10.1. The van der Waals surface area contributed by atoms with Crippen LogP contribution in [-0.4, -0.2) is 28.2 Å². The van der Waals surface area contributed by atoms with Crippen LogP contribution in [0.1, 0.15) is 54.9 Å². The molecule has 2 fully saturated rings. The van der Waals surface area contributed by atoms with Crippen molar-refractivity contribution in [1.29, 1.82) is 0 Å². The highest BCUT2D eigenvalue weighted by Gasteiger charge is 2.34. The fourth-order valence-corrected chi connectivity index (χ4v) is 3.03. The number of nitrogens with zero attached hydrogens (tertiary/aromatic N) is 4. The molecule has 0 amide bonds. The van der Waals surface area contributed by atoms with E-state index in [2.05, 4.69) is 15.1 Å². The molecule has 0 N–H and O–H groups in total. The van der Waals surface area contributed by atoms with Gasteiger partial charge in [-0.2, -0.15) is 18.2 Å². The van der Waals surface area contributed by atoms with Crippen LogP contribution in [0.4, 0.5) is 19.0 Å². The number of hydrogen-bond acceptors (Lipinski definition) is 5. The van der Waals surface area contributed by atoms with Crippen LogP contribution in [0.5, 0.6) is 0 Å². The zero-order valence-electron chi connectivity index (χ0n) is 13.0. The topological polar surface area (TPSA) is 55.1 Å². The zero-order chi connectivity index (χ0) is 16.7. The molecule has 8 heteroatoms. The molecule has 0 radical (unpaired) electrons. The smallest absolute Gasteiger partial charge is 0.357 e. The van der Waals surface area contributed by atoms with Gasteiger partial charge in [0.25, 0.3) is 0 Å². The minimum Gasteiger partial charge on any atom is -0.357 e. The van der Waals surface area contributed by atoms with E-state index in [4.69, 9.17) is 4.52 Å². The summed E-state index contributed by atoms with van der Waals surface area (Å²) >= 11 is 0. The molecule has 5 nitrogen and oxygen atoms in total. The van der Waals surface area contributed by atoms with Crippen LogP contribution in [0.15, 0.2) is 22.7 Å². The van der Waals surface area contributed by atoms with Gasteiger partial charge < -0.3 is 9.42 Å². The lowest BCUT2D eigenvalue weighted by atomic mass is 9.96. The van der Waals surface area contributed by atoms with E-state index in [1.54, 1.807) is 6.07 Å². The Hall–Kier alpha value is -2.12. The van der Waals surface area contributed by atoms with Gasteiger partial charge in [0.05, 0.1) is 0 Å². The van der Waals surface area contributed by atoms with Crippen LogP contribution < -0.4 is 4.90 Å². The normalized spacial score (nSPS) is 19.7. The quantitative estimate of drug-likeness (QED) is 0.853. The molecule has 1 saturated carbocycles. The van der Waals surface area contributed by atoms with E-state index in [0.29, 0.717) is 24.8 Å². The molecule has 2 aromatic heterocycles. The van der Waals surface area contributed by atoms with Crippen molar-refractivity contribution >= 4 is 5.82 Å². The van der Waals surface area contributed by atoms with E-state index in [1.807, 2.05) is 4.90 Å². The van der Waals surface area contributed by atoms with Gasteiger partial charge in [0.2, 0.25) is 5.89 Å². The number of alkyl halides is 3. The second kappa shape index (κ2) is 5.75. The summed E-state index contributed by atoms with van der Waals surface area (Å²) in [6.45, 7) is 1.26. The van der Waals surface area contributed by atoms with Gasteiger partial charge in [0.1, 0.15) is 11.5 Å². The van der Waals surface area contributed by atoms with Crippen molar-refractivity contribution < 1.29 is 17.7 Å². The second-order valence-electron chi connectivity index (χ2n) is 6.41. The van der Waals surface area contributed by atoms with Gasteiger partial charge in [-0.05, 0) is 37.8 Å². The lowest BCUT2D eigenvalue weighted by Gasteiger charge is -2.31. The van der Waals surface area contributed by atoms with Crippen molar-refractivity contribution in [2.24, 2.45) is 0 Å². The zero-order valence-corrected chi connectivity index (χ0v) is 13.0. The first-order valence-electron chi connectivity index (χ1n) is 8.13. The van der Waals surface area contributed by atoms with Gasteiger partial charge in [-0.1, -0.05) is 11.2 Å². The maximum Gasteiger partial charge on any atom is 0.433 e. The van der Waals surface area contributed by atoms with Crippen molar-refractivity contribution in [2.45, 2.75) is 43.7 Å². The summed E-state index contributed by atoms with van der Waals surface area (Å²) in [6, 6.07) is 4.02. The Kier molecular flexibility index (Phi) is 3.69. The third-order valence-corrected chi connectivity index (χ3v) is 4.59. The Bertz CT molecular complexity index is 718. The Morgan fingerprint density at radius 2 is 1.75 bits per heavy atom. The average molecular weight is 338 g/mol. The largest absolute Gasteiger partial charge is 0.433 e. The van der Waals surface area contributed by atoms with Crippen LogP contribution >= 0.6 is 0 Å². The Balaban J connectivity index is 1.42. The van der Waals surface area contributed by atoms with Crippen molar-refractivity contribution in [3.05, 3.63) is 35.6 Å². The SMILES string of the molecule is FC(F)(F)c1cccc(N2CCC(c3noc(C4CC4)n3)CC2)n1. The van der Waals surface area contributed by atoms with Gasteiger partial charge in [0, 0.05) is 24.9 Å². The van der Waals surface area contributed by atoms with Crippen LogP contribution in [-0.2, 0) is 6.18 Å². The lowest BCUT2D eigenvalue weighted by molar-refractivity contribution is -0.141. The number of halogens is 3. The first-order valence-corrected chi connectivity index (χ1v) is 8.13. The highest BCUT2D eigenvalue weighted by molar-refractivity contribution is 5.40. The molecule has 0 spiro atoms. The van der Waals surface area contributed by atoms with E-state index in [9.17, 15) is 13.2 Å².